The lowest BCUT2D eigenvalue weighted by Crippen LogP contribution is -1.99. The van der Waals surface area contributed by atoms with Crippen molar-refractivity contribution in [3.63, 3.8) is 0 Å². The molecule has 0 aliphatic carbocycles. The first-order valence-electron chi connectivity index (χ1n) is 5.89. The summed E-state index contributed by atoms with van der Waals surface area (Å²) in [6.45, 7) is 0.539. The molecule has 20 heavy (non-hydrogen) atoms. The van der Waals surface area contributed by atoms with Gasteiger partial charge in [-0.05, 0) is 30.5 Å². The van der Waals surface area contributed by atoms with Gasteiger partial charge in [0, 0.05) is 5.75 Å². The van der Waals surface area contributed by atoms with E-state index in [1.807, 2.05) is 6.26 Å². The van der Waals surface area contributed by atoms with Crippen molar-refractivity contribution in [2.45, 2.75) is 11.0 Å². The van der Waals surface area contributed by atoms with Crippen LogP contribution >= 0.6 is 23.5 Å². The van der Waals surface area contributed by atoms with Crippen molar-refractivity contribution in [3.05, 3.63) is 35.7 Å². The predicted octanol–water partition coefficient (Wildman–Crippen LogP) is 2.98. The lowest BCUT2D eigenvalue weighted by molar-refractivity contribution is 0.343. The maximum Gasteiger partial charge on any atom is 0.276 e. The number of thioether (sulfide) groups is 2. The van der Waals surface area contributed by atoms with Crippen LogP contribution in [0.5, 0.6) is 5.75 Å². The highest BCUT2D eigenvalue weighted by atomic mass is 32.2. The third-order valence-corrected chi connectivity index (χ3v) is 3.60. The van der Waals surface area contributed by atoms with E-state index in [2.05, 4.69) is 16.3 Å². The summed E-state index contributed by atoms with van der Waals surface area (Å²) in [5, 5.41) is 17.1. The molecule has 0 saturated heterocycles. The molecule has 0 unspecified atom stereocenters. The molecule has 1 aromatic carbocycles. The second-order valence-electron chi connectivity index (χ2n) is 3.73. The van der Waals surface area contributed by atoms with E-state index in [4.69, 9.17) is 14.4 Å². The van der Waals surface area contributed by atoms with Gasteiger partial charge in [-0.3, -0.25) is 0 Å². The van der Waals surface area contributed by atoms with Gasteiger partial charge in [0.2, 0.25) is 5.89 Å². The summed E-state index contributed by atoms with van der Waals surface area (Å²) >= 11 is 3.11. The first-order chi connectivity index (χ1) is 9.81. The fourth-order valence-electron chi connectivity index (χ4n) is 1.39. The number of nitrogens with zero attached hydrogens (tertiary/aromatic N) is 3. The first kappa shape index (κ1) is 14.8. The van der Waals surface area contributed by atoms with Gasteiger partial charge in [0.1, 0.15) is 5.75 Å². The number of nitriles is 1. The van der Waals surface area contributed by atoms with Crippen molar-refractivity contribution in [1.82, 2.24) is 10.2 Å². The van der Waals surface area contributed by atoms with Crippen LogP contribution in [-0.4, -0.2) is 28.8 Å². The SMILES string of the molecule is CSCc1nnc(SCCOc2ccc(C#N)cc2)o1. The first-order valence-corrected chi connectivity index (χ1v) is 8.27. The van der Waals surface area contributed by atoms with Crippen LogP contribution in [0.15, 0.2) is 33.9 Å². The van der Waals surface area contributed by atoms with Crippen LogP contribution in [0, 0.1) is 11.3 Å². The minimum Gasteiger partial charge on any atom is -0.493 e. The third-order valence-electron chi connectivity index (χ3n) is 2.28. The van der Waals surface area contributed by atoms with Crippen molar-refractivity contribution in [1.29, 1.82) is 5.26 Å². The normalized spacial score (nSPS) is 10.2. The van der Waals surface area contributed by atoms with Crippen molar-refractivity contribution < 1.29 is 9.15 Å². The Kier molecular flexibility index (Phi) is 5.77. The number of hydrogen-bond acceptors (Lipinski definition) is 7. The molecule has 0 saturated carbocycles. The number of aromatic nitrogens is 2. The Morgan fingerprint density at radius 3 is 2.80 bits per heavy atom. The molecule has 0 bridgehead atoms. The summed E-state index contributed by atoms with van der Waals surface area (Å²) in [5.41, 5.74) is 0.624. The molecule has 1 aromatic heterocycles. The van der Waals surface area contributed by atoms with E-state index in [0.29, 0.717) is 23.3 Å². The zero-order valence-electron chi connectivity index (χ0n) is 10.9. The van der Waals surface area contributed by atoms with Gasteiger partial charge in [-0.15, -0.1) is 10.2 Å². The average molecular weight is 307 g/mol. The van der Waals surface area contributed by atoms with E-state index in [-0.39, 0.29) is 0 Å². The summed E-state index contributed by atoms with van der Waals surface area (Å²) < 4.78 is 11.0. The van der Waals surface area contributed by atoms with Crippen LogP contribution in [0.3, 0.4) is 0 Å². The number of rotatable bonds is 7. The molecule has 0 amide bonds. The Morgan fingerprint density at radius 2 is 2.10 bits per heavy atom. The predicted molar refractivity (Wildman–Crippen MR) is 78.9 cm³/mol. The molecule has 0 aliphatic heterocycles. The minimum absolute atomic E-state index is 0.539. The smallest absolute Gasteiger partial charge is 0.276 e. The van der Waals surface area contributed by atoms with Crippen LogP contribution in [0.4, 0.5) is 0 Å². The van der Waals surface area contributed by atoms with E-state index in [0.717, 1.165) is 17.3 Å². The van der Waals surface area contributed by atoms with E-state index in [1.54, 1.807) is 36.0 Å². The number of hydrogen-bond donors (Lipinski definition) is 0. The lowest BCUT2D eigenvalue weighted by atomic mass is 10.2. The highest BCUT2D eigenvalue weighted by Crippen LogP contribution is 2.18. The highest BCUT2D eigenvalue weighted by molar-refractivity contribution is 7.99. The summed E-state index contributed by atoms with van der Waals surface area (Å²) in [7, 11) is 0. The molecule has 7 heteroatoms. The lowest BCUT2D eigenvalue weighted by Gasteiger charge is -2.04. The summed E-state index contributed by atoms with van der Waals surface area (Å²) in [4.78, 5) is 0. The van der Waals surface area contributed by atoms with Crippen molar-refractivity contribution in [3.8, 4) is 11.8 Å². The fourth-order valence-corrected chi connectivity index (χ4v) is 2.35. The molecule has 2 rings (SSSR count). The zero-order chi connectivity index (χ0) is 14.2. The number of ether oxygens (including phenoxy) is 1. The molecule has 0 fully saturated rings. The Labute approximate surface area is 125 Å². The molecular formula is C13H13N3O2S2. The van der Waals surface area contributed by atoms with Gasteiger partial charge in [0.15, 0.2) is 0 Å². The van der Waals surface area contributed by atoms with E-state index < -0.39 is 0 Å². The Morgan fingerprint density at radius 1 is 1.30 bits per heavy atom. The van der Waals surface area contributed by atoms with E-state index >= 15 is 0 Å². The molecule has 2 aromatic rings. The standard InChI is InChI=1S/C13H13N3O2S2/c1-19-9-12-15-16-13(18-12)20-7-6-17-11-4-2-10(8-14)3-5-11/h2-5H,6-7,9H2,1H3. The topological polar surface area (TPSA) is 71.9 Å². The molecule has 104 valence electrons. The van der Waals surface area contributed by atoms with Crippen molar-refractivity contribution >= 4 is 23.5 Å². The molecule has 5 nitrogen and oxygen atoms in total. The van der Waals surface area contributed by atoms with Crippen LogP contribution < -0.4 is 4.74 Å². The van der Waals surface area contributed by atoms with Gasteiger partial charge in [-0.2, -0.15) is 17.0 Å². The Hall–Kier alpha value is -1.65. The molecule has 0 aliphatic rings. The van der Waals surface area contributed by atoms with Crippen molar-refractivity contribution in [2.75, 3.05) is 18.6 Å². The Balaban J connectivity index is 1.71. The third kappa shape index (κ3) is 4.47. The summed E-state index contributed by atoms with van der Waals surface area (Å²) in [6.07, 6.45) is 1.99. The Bertz CT molecular complexity index is 578. The fraction of sp³-hybridized carbons (Fsp3) is 0.308. The quantitative estimate of drug-likeness (QED) is 0.575. The summed E-state index contributed by atoms with van der Waals surface area (Å²) in [6, 6.07) is 9.10. The zero-order valence-corrected chi connectivity index (χ0v) is 12.5. The second kappa shape index (κ2) is 7.82. The van der Waals surface area contributed by atoms with Gasteiger partial charge in [-0.25, -0.2) is 0 Å². The average Bonchev–Trinajstić information content (AvgIpc) is 2.92. The van der Waals surface area contributed by atoms with Gasteiger partial charge in [-0.1, -0.05) is 11.8 Å². The summed E-state index contributed by atoms with van der Waals surface area (Å²) in [5.74, 6) is 2.85. The maximum atomic E-state index is 8.69. The monoisotopic (exact) mass is 307 g/mol. The minimum atomic E-state index is 0.539. The number of benzene rings is 1. The molecular weight excluding hydrogens is 294 g/mol. The van der Waals surface area contributed by atoms with E-state index in [1.165, 1.54) is 11.8 Å². The molecule has 0 N–H and O–H groups in total. The van der Waals surface area contributed by atoms with Gasteiger partial charge >= 0.3 is 0 Å². The molecule has 0 radical (unpaired) electrons. The van der Waals surface area contributed by atoms with E-state index in [9.17, 15) is 0 Å². The van der Waals surface area contributed by atoms with Crippen LogP contribution in [0.1, 0.15) is 11.5 Å². The molecule has 0 spiro atoms. The largest absolute Gasteiger partial charge is 0.493 e. The van der Waals surface area contributed by atoms with Crippen LogP contribution in [-0.2, 0) is 5.75 Å². The van der Waals surface area contributed by atoms with Gasteiger partial charge in [0.25, 0.3) is 5.22 Å². The molecule has 1 heterocycles. The maximum absolute atomic E-state index is 8.69. The second-order valence-corrected chi connectivity index (χ2v) is 5.64. The molecule has 0 atom stereocenters. The van der Waals surface area contributed by atoms with Crippen LogP contribution in [0.25, 0.3) is 0 Å². The van der Waals surface area contributed by atoms with Gasteiger partial charge in [0.05, 0.1) is 24.0 Å². The highest BCUT2D eigenvalue weighted by Gasteiger charge is 2.05. The van der Waals surface area contributed by atoms with Gasteiger partial charge < -0.3 is 9.15 Å². The van der Waals surface area contributed by atoms with Crippen LogP contribution in [0.2, 0.25) is 0 Å². The van der Waals surface area contributed by atoms with Crippen molar-refractivity contribution in [2.24, 2.45) is 0 Å².